The molecule has 1 aromatic heterocycles. The van der Waals surface area contributed by atoms with E-state index in [9.17, 15) is 4.79 Å². The predicted molar refractivity (Wildman–Crippen MR) is 77.1 cm³/mol. The fourth-order valence-electron chi connectivity index (χ4n) is 1.64. The molecule has 1 heterocycles. The molecule has 0 atom stereocenters. The zero-order valence-electron chi connectivity index (χ0n) is 10.2. The Labute approximate surface area is 119 Å². The molecule has 2 N–H and O–H groups in total. The molecule has 0 bridgehead atoms. The minimum Gasteiger partial charge on any atom is -0.394 e. The van der Waals surface area contributed by atoms with Crippen molar-refractivity contribution < 1.29 is 5.11 Å². The summed E-state index contributed by atoms with van der Waals surface area (Å²) in [5, 5.41) is 16.0. The van der Waals surface area contributed by atoms with Crippen LogP contribution in [-0.2, 0) is 13.1 Å². The van der Waals surface area contributed by atoms with E-state index in [2.05, 4.69) is 26.3 Å². The van der Waals surface area contributed by atoms with Gasteiger partial charge in [0.25, 0.3) is 5.56 Å². The van der Waals surface area contributed by atoms with Gasteiger partial charge in [0.15, 0.2) is 0 Å². The maximum Gasteiger partial charge on any atom is 0.283 e. The molecule has 0 saturated heterocycles. The Morgan fingerprint density at radius 2 is 2.05 bits per heavy atom. The Hall–Kier alpha value is -1.66. The molecule has 0 unspecified atom stereocenters. The zero-order valence-corrected chi connectivity index (χ0v) is 11.8. The van der Waals surface area contributed by atoms with Crippen LogP contribution in [0.4, 0.5) is 5.69 Å². The summed E-state index contributed by atoms with van der Waals surface area (Å²) in [4.78, 5) is 11.9. The van der Waals surface area contributed by atoms with Crippen LogP contribution in [0, 0.1) is 0 Å². The molecular weight excluding hydrogens is 310 g/mol. The van der Waals surface area contributed by atoms with Crippen LogP contribution in [0.1, 0.15) is 5.56 Å². The summed E-state index contributed by atoms with van der Waals surface area (Å²) < 4.78 is 1.64. The van der Waals surface area contributed by atoms with Crippen LogP contribution in [0.3, 0.4) is 0 Å². The third-order valence-corrected chi connectivity index (χ3v) is 3.39. The number of aliphatic hydroxyl groups excluding tert-OH is 1. The molecule has 0 saturated carbocycles. The van der Waals surface area contributed by atoms with E-state index in [0.29, 0.717) is 16.7 Å². The summed E-state index contributed by atoms with van der Waals surface area (Å²) in [6, 6.07) is 9.88. The van der Waals surface area contributed by atoms with Crippen molar-refractivity contribution in [1.29, 1.82) is 0 Å². The molecule has 19 heavy (non-hydrogen) atoms. The summed E-state index contributed by atoms with van der Waals surface area (Å²) in [6.45, 7) is 0.692. The van der Waals surface area contributed by atoms with Gasteiger partial charge in [-0.1, -0.05) is 30.3 Å². The van der Waals surface area contributed by atoms with E-state index in [-0.39, 0.29) is 18.7 Å². The van der Waals surface area contributed by atoms with Crippen LogP contribution in [-0.4, -0.2) is 21.5 Å². The van der Waals surface area contributed by atoms with Crippen molar-refractivity contribution in [3.63, 3.8) is 0 Å². The van der Waals surface area contributed by atoms with Gasteiger partial charge in [0.1, 0.15) is 4.47 Å². The third kappa shape index (κ3) is 3.42. The number of nitrogens with zero attached hydrogens (tertiary/aromatic N) is 2. The maximum absolute atomic E-state index is 11.9. The summed E-state index contributed by atoms with van der Waals surface area (Å²) in [7, 11) is 0. The SMILES string of the molecule is O=c1c(Br)c(NCc2ccccc2)cnn1CCO. The quantitative estimate of drug-likeness (QED) is 0.877. The highest BCUT2D eigenvalue weighted by atomic mass is 79.9. The molecule has 100 valence electrons. The van der Waals surface area contributed by atoms with E-state index in [4.69, 9.17) is 5.11 Å². The Morgan fingerprint density at radius 3 is 2.74 bits per heavy atom. The fraction of sp³-hybridized carbons (Fsp3) is 0.231. The number of rotatable bonds is 5. The highest BCUT2D eigenvalue weighted by molar-refractivity contribution is 9.10. The third-order valence-electron chi connectivity index (χ3n) is 2.62. The predicted octanol–water partition coefficient (Wildman–Crippen LogP) is 1.61. The smallest absolute Gasteiger partial charge is 0.283 e. The molecule has 2 rings (SSSR count). The topological polar surface area (TPSA) is 67.2 Å². The standard InChI is InChI=1S/C13H14BrN3O2/c14-12-11(9-16-17(6-7-18)13(12)19)15-8-10-4-2-1-3-5-10/h1-5,9,15,18H,6-8H2. The van der Waals surface area contributed by atoms with E-state index in [1.807, 2.05) is 30.3 Å². The summed E-state index contributed by atoms with van der Waals surface area (Å²) in [5.74, 6) is 0. The first kappa shape index (κ1) is 13.8. The Kier molecular flexibility index (Phi) is 4.70. The molecule has 0 aliphatic rings. The number of hydrogen-bond acceptors (Lipinski definition) is 4. The van der Waals surface area contributed by atoms with Crippen LogP contribution >= 0.6 is 15.9 Å². The van der Waals surface area contributed by atoms with Crippen LogP contribution < -0.4 is 10.9 Å². The van der Waals surface area contributed by atoms with Gasteiger partial charge in [-0.05, 0) is 21.5 Å². The molecule has 0 aliphatic heterocycles. The van der Waals surface area contributed by atoms with E-state index < -0.39 is 0 Å². The molecule has 6 heteroatoms. The lowest BCUT2D eigenvalue weighted by Crippen LogP contribution is -2.25. The Bertz CT molecular complexity index is 599. The van der Waals surface area contributed by atoms with Crippen LogP contribution in [0.2, 0.25) is 0 Å². The number of aromatic nitrogens is 2. The molecule has 0 spiro atoms. The zero-order chi connectivity index (χ0) is 13.7. The van der Waals surface area contributed by atoms with Crippen molar-refractivity contribution in [1.82, 2.24) is 9.78 Å². The second-order valence-electron chi connectivity index (χ2n) is 3.96. The number of anilines is 1. The van der Waals surface area contributed by atoms with Gasteiger partial charge in [0.05, 0.1) is 25.0 Å². The maximum atomic E-state index is 11.9. The van der Waals surface area contributed by atoms with Gasteiger partial charge in [-0.2, -0.15) is 5.10 Å². The molecule has 0 radical (unpaired) electrons. The lowest BCUT2D eigenvalue weighted by molar-refractivity contribution is 0.266. The highest BCUT2D eigenvalue weighted by Gasteiger charge is 2.08. The highest BCUT2D eigenvalue weighted by Crippen LogP contribution is 2.17. The monoisotopic (exact) mass is 323 g/mol. The van der Waals surface area contributed by atoms with Crippen LogP contribution in [0.15, 0.2) is 45.8 Å². The van der Waals surface area contributed by atoms with Crippen molar-refractivity contribution >= 4 is 21.6 Å². The lowest BCUT2D eigenvalue weighted by Gasteiger charge is -2.09. The molecule has 0 fully saturated rings. The number of nitrogens with one attached hydrogen (secondary N) is 1. The number of aliphatic hydroxyl groups is 1. The number of halogens is 1. The second-order valence-corrected chi connectivity index (χ2v) is 4.76. The van der Waals surface area contributed by atoms with E-state index in [0.717, 1.165) is 5.56 Å². The first-order chi connectivity index (χ1) is 9.22. The van der Waals surface area contributed by atoms with Gasteiger partial charge in [-0.25, -0.2) is 4.68 Å². The van der Waals surface area contributed by atoms with Gasteiger partial charge in [-0.15, -0.1) is 0 Å². The normalized spacial score (nSPS) is 10.4. The first-order valence-corrected chi connectivity index (χ1v) is 6.66. The molecule has 0 aliphatic carbocycles. The largest absolute Gasteiger partial charge is 0.394 e. The van der Waals surface area contributed by atoms with Crippen molar-refractivity contribution in [3.05, 3.63) is 56.9 Å². The summed E-state index contributed by atoms with van der Waals surface area (Å²) >= 11 is 3.26. The van der Waals surface area contributed by atoms with Gasteiger partial charge in [0.2, 0.25) is 0 Å². The minimum absolute atomic E-state index is 0.115. The molecule has 2 aromatic rings. The van der Waals surface area contributed by atoms with E-state index in [1.165, 1.54) is 4.68 Å². The van der Waals surface area contributed by atoms with Gasteiger partial charge in [-0.3, -0.25) is 4.79 Å². The van der Waals surface area contributed by atoms with Gasteiger partial charge < -0.3 is 10.4 Å². The van der Waals surface area contributed by atoms with Crippen molar-refractivity contribution in [2.24, 2.45) is 0 Å². The number of hydrogen-bond donors (Lipinski definition) is 2. The lowest BCUT2D eigenvalue weighted by atomic mass is 10.2. The van der Waals surface area contributed by atoms with E-state index >= 15 is 0 Å². The molecule has 1 aromatic carbocycles. The van der Waals surface area contributed by atoms with Crippen molar-refractivity contribution in [2.75, 3.05) is 11.9 Å². The summed E-state index contributed by atoms with van der Waals surface area (Å²) in [5.41, 5.74) is 1.50. The van der Waals surface area contributed by atoms with Gasteiger partial charge in [0, 0.05) is 6.54 Å². The van der Waals surface area contributed by atoms with Crippen LogP contribution in [0.5, 0.6) is 0 Å². The summed E-state index contributed by atoms with van der Waals surface area (Å²) in [6.07, 6.45) is 1.57. The molecular formula is C13H14BrN3O2. The first-order valence-electron chi connectivity index (χ1n) is 5.86. The van der Waals surface area contributed by atoms with Gasteiger partial charge >= 0.3 is 0 Å². The van der Waals surface area contributed by atoms with E-state index in [1.54, 1.807) is 6.20 Å². The minimum atomic E-state index is -0.257. The average Bonchev–Trinajstić information content (AvgIpc) is 2.44. The average molecular weight is 324 g/mol. The fourth-order valence-corrected chi connectivity index (χ4v) is 2.08. The molecule has 5 nitrogen and oxygen atoms in total. The molecule has 0 amide bonds. The van der Waals surface area contributed by atoms with Crippen LogP contribution in [0.25, 0.3) is 0 Å². The Morgan fingerprint density at radius 1 is 1.32 bits per heavy atom. The van der Waals surface area contributed by atoms with Crippen molar-refractivity contribution in [3.8, 4) is 0 Å². The second kappa shape index (κ2) is 6.49. The van der Waals surface area contributed by atoms with Crippen molar-refractivity contribution in [2.45, 2.75) is 13.1 Å². The number of benzene rings is 1. The Balaban J connectivity index is 2.13.